The van der Waals surface area contributed by atoms with Crippen LogP contribution in [0.3, 0.4) is 0 Å². The average Bonchev–Trinajstić information content (AvgIpc) is 4.13. The Balaban J connectivity index is 1.23. The highest BCUT2D eigenvalue weighted by molar-refractivity contribution is 7.91. The number of aryl methyl sites for hydroxylation is 1. The molecule has 4 aromatic carbocycles. The minimum Gasteiger partial charge on any atom is -0.344 e. The van der Waals surface area contributed by atoms with Gasteiger partial charge in [-0.1, -0.05) is 62.8 Å². The van der Waals surface area contributed by atoms with Gasteiger partial charge in [-0.15, -0.1) is 10.2 Å². The molecule has 0 saturated heterocycles. The van der Waals surface area contributed by atoms with Crippen LogP contribution in [0.2, 0.25) is 0 Å². The molecule has 0 saturated carbocycles. The fourth-order valence-electron chi connectivity index (χ4n) is 10.4. The number of nitrogens with zero attached hydrogens (tertiary/aromatic N) is 5. The first kappa shape index (κ1) is 59.9. The summed E-state index contributed by atoms with van der Waals surface area (Å²) in [5.41, 5.74) is 3.78. The van der Waals surface area contributed by atoms with Gasteiger partial charge in [0.2, 0.25) is 21.1 Å². The quantitative estimate of drug-likeness (QED) is 0.0132. The number of anilines is 2. The first-order chi connectivity index (χ1) is 37.2. The van der Waals surface area contributed by atoms with Crippen LogP contribution >= 0.6 is 11.3 Å². The van der Waals surface area contributed by atoms with E-state index in [9.17, 15) is 65.1 Å². The zero-order valence-electron chi connectivity index (χ0n) is 43.9. The summed E-state index contributed by atoms with van der Waals surface area (Å²) >= 11 is 0.633. The Morgan fingerprint density at radius 1 is 0.762 bits per heavy atom. The molecule has 4 heterocycles. The summed E-state index contributed by atoms with van der Waals surface area (Å²) < 4.78 is 165. The number of benzene rings is 4. The van der Waals surface area contributed by atoms with Crippen LogP contribution in [0.15, 0.2) is 122 Å². The van der Waals surface area contributed by atoms with Gasteiger partial charge in [-0.3, -0.25) is 28.0 Å². The largest absolute Gasteiger partial charge is 0.344 e. The second-order valence-corrected chi connectivity index (χ2v) is 28.9. The molecule has 6 aromatic rings. The van der Waals surface area contributed by atoms with Gasteiger partial charge in [0.1, 0.15) is 11.4 Å². The molecule has 0 radical (unpaired) electrons. The number of carbonyl (C=O) groups excluding carboxylic acids is 1. The van der Waals surface area contributed by atoms with E-state index in [4.69, 9.17) is 10.1 Å². The van der Waals surface area contributed by atoms with Crippen molar-refractivity contribution in [2.24, 2.45) is 5.14 Å². The van der Waals surface area contributed by atoms with Crippen LogP contribution in [0.1, 0.15) is 95.5 Å². The molecule has 7 N–H and O–H groups in total. The molecular weight excluding hydrogens is 1160 g/mol. The number of unbranched alkanes of at least 4 members (excludes halogenated alkanes) is 2. The maximum Gasteiger partial charge on any atom is 0.295 e. The number of nitrogens with two attached hydrogens (primary N) is 1. The number of fused-ring (bicyclic) bond motifs is 6. The molecule has 426 valence electrons. The van der Waals surface area contributed by atoms with E-state index >= 15 is 0 Å². The van der Waals surface area contributed by atoms with Gasteiger partial charge < -0.3 is 10.2 Å². The molecule has 8 rings (SSSR count). The van der Waals surface area contributed by atoms with Crippen molar-refractivity contribution in [3.8, 4) is 0 Å². The van der Waals surface area contributed by atoms with Gasteiger partial charge in [-0.2, -0.15) is 38.2 Å². The van der Waals surface area contributed by atoms with Gasteiger partial charge in [0.25, 0.3) is 50.5 Å². The van der Waals surface area contributed by atoms with Gasteiger partial charge in [-0.05, 0) is 121 Å². The summed E-state index contributed by atoms with van der Waals surface area (Å²) in [5, 5.41) is 16.2. The van der Waals surface area contributed by atoms with Crippen molar-refractivity contribution in [1.29, 1.82) is 0 Å². The molecule has 0 bridgehead atoms. The lowest BCUT2D eigenvalue weighted by atomic mass is 9.79. The fraction of sp³-hybridized carbons (Fsp3) is 0.327. The number of nitrogens with one attached hydrogen (secondary N) is 1. The maximum atomic E-state index is 12.8. The molecule has 0 spiro atoms. The predicted octanol–water partition coefficient (Wildman–Crippen LogP) is 7.75. The van der Waals surface area contributed by atoms with Crippen LogP contribution in [0.4, 0.5) is 16.5 Å². The SMILES string of the molecule is CCCC[N+]1=C(/C=C/C(=C/C=C2/N(CCCS(=O)(=O)O)c3ccc4c(S(=O)(=O)O)cc(S(=O)(=O)O)cc4c3C2(C)C)c2ccc(CCCCC(=O)Nc3nnc(S(N)(=O)=O)s3)cn2)C(C)(C)c2c1ccc1ccc(S(=O)(=O)O)cc21. The van der Waals surface area contributed by atoms with Crippen molar-refractivity contribution < 1.29 is 69.7 Å². The van der Waals surface area contributed by atoms with Crippen LogP contribution in [0.5, 0.6) is 0 Å². The second kappa shape index (κ2) is 22.3. The third-order valence-corrected chi connectivity index (χ3v) is 19.6. The van der Waals surface area contributed by atoms with Gasteiger partial charge >= 0.3 is 0 Å². The van der Waals surface area contributed by atoms with E-state index in [0.29, 0.717) is 76.8 Å². The Bertz CT molecular complexity index is 4230. The molecule has 22 nitrogen and oxygen atoms in total. The van der Waals surface area contributed by atoms with Crippen LogP contribution < -0.4 is 15.4 Å². The Morgan fingerprint density at radius 3 is 2.09 bits per heavy atom. The number of sulfonamides is 1. The van der Waals surface area contributed by atoms with Crippen LogP contribution in [-0.4, -0.2) is 111 Å². The van der Waals surface area contributed by atoms with Gasteiger partial charge in [0.05, 0.1) is 26.7 Å². The summed E-state index contributed by atoms with van der Waals surface area (Å²) in [7, 11) is -23.2. The number of carbonyl (C=O) groups is 1. The summed E-state index contributed by atoms with van der Waals surface area (Å²) in [6, 6.07) is 16.7. The topological polar surface area (TPSA) is 352 Å². The van der Waals surface area contributed by atoms with E-state index in [2.05, 4.69) is 27.0 Å². The summed E-state index contributed by atoms with van der Waals surface area (Å²) in [5.74, 6) is -1.02. The Morgan fingerprint density at radius 2 is 1.46 bits per heavy atom. The first-order valence-electron chi connectivity index (χ1n) is 24.9. The summed E-state index contributed by atoms with van der Waals surface area (Å²) in [6.45, 7) is 10.2. The fourth-order valence-corrected chi connectivity index (χ4v) is 14.1. The average molecular weight is 1210 g/mol. The van der Waals surface area contributed by atoms with E-state index < -0.39 is 87.1 Å². The number of aromatic nitrogens is 3. The highest BCUT2D eigenvalue weighted by Gasteiger charge is 2.46. The lowest BCUT2D eigenvalue weighted by Crippen LogP contribution is -2.28. The molecule has 1 amide bonds. The van der Waals surface area contributed by atoms with E-state index in [1.54, 1.807) is 49.2 Å². The zero-order valence-corrected chi connectivity index (χ0v) is 48.8. The predicted molar refractivity (Wildman–Crippen MR) is 303 cm³/mol. The normalized spacial score (nSPS) is 16.4. The molecule has 2 aliphatic heterocycles. The minimum absolute atomic E-state index is 0.00820. The van der Waals surface area contributed by atoms with Crippen molar-refractivity contribution in [3.63, 3.8) is 0 Å². The second-order valence-electron chi connectivity index (χ2n) is 20.4. The van der Waals surface area contributed by atoms with Gasteiger partial charge in [0, 0.05) is 71.0 Å². The lowest BCUT2D eigenvalue weighted by Gasteiger charge is -2.27. The first-order valence-corrected chi connectivity index (χ1v) is 33.2. The zero-order chi connectivity index (χ0) is 58.5. The summed E-state index contributed by atoms with van der Waals surface area (Å²) in [6.07, 6.45) is 12.3. The Labute approximate surface area is 467 Å². The number of hydrogen-bond acceptors (Lipinski definition) is 16. The van der Waals surface area contributed by atoms with Crippen LogP contribution in [-0.2, 0) is 72.5 Å². The van der Waals surface area contributed by atoms with E-state index in [-0.39, 0.29) is 40.2 Å². The number of primary sulfonamides is 1. The van der Waals surface area contributed by atoms with Crippen molar-refractivity contribution in [1.82, 2.24) is 15.2 Å². The molecule has 0 unspecified atom stereocenters. The minimum atomic E-state index is -5.07. The van der Waals surface area contributed by atoms with E-state index in [0.717, 1.165) is 46.8 Å². The number of rotatable bonds is 21. The highest BCUT2D eigenvalue weighted by atomic mass is 32.3. The van der Waals surface area contributed by atoms with Crippen LogP contribution in [0.25, 0.3) is 27.1 Å². The Kier molecular flexibility index (Phi) is 16.7. The molecule has 2 aromatic heterocycles. The molecule has 0 fully saturated rings. The smallest absolute Gasteiger partial charge is 0.295 e. The molecule has 0 aliphatic carbocycles. The van der Waals surface area contributed by atoms with Crippen LogP contribution in [0, 0.1) is 0 Å². The number of hydrogen-bond donors (Lipinski definition) is 6. The van der Waals surface area contributed by atoms with E-state index in [1.807, 2.05) is 50.3 Å². The third-order valence-electron chi connectivity index (χ3n) is 14.1. The van der Waals surface area contributed by atoms with E-state index in [1.165, 1.54) is 18.2 Å². The summed E-state index contributed by atoms with van der Waals surface area (Å²) in [4.78, 5) is 17.5. The third kappa shape index (κ3) is 12.8. The molecule has 2 aliphatic rings. The number of amides is 1. The Hall–Kier alpha value is -6.18. The van der Waals surface area contributed by atoms with Gasteiger partial charge in [-0.25, -0.2) is 13.6 Å². The molecular formula is C52H58N7O15S6+. The standard InChI is InChI=1S/C52H57N7O15S6/c1-6-7-25-58-41-21-15-33-14-18-35(78(66,67)68)28-38(33)47(41)51(2,3)44(58)23-16-34(40-20-13-32(31-54-40)11-8-9-12-46(60)55-49-56-57-50(75-49)77(53,64)65)17-24-45-52(4,5)48-39-29-36(79(69,70)71)30-43(80(72,73)74)37(39)19-22-42(48)59(45)26-10-27-76(61,62)63/h13-24,28-31H,6-12,25-27H2,1-5H3,(H6-,53,55,56,60,61,62,63,64,65,66,67,68,69,70,71,72,73,74)/p+1. The van der Waals surface area contributed by atoms with Crippen molar-refractivity contribution in [2.75, 3.05) is 29.1 Å². The van der Waals surface area contributed by atoms with Crippen molar-refractivity contribution in [3.05, 3.63) is 125 Å². The molecule has 0 atom stereocenters. The number of pyridine rings is 1. The molecule has 28 heteroatoms. The lowest BCUT2D eigenvalue weighted by molar-refractivity contribution is -0.438. The maximum absolute atomic E-state index is 12.8. The molecule has 80 heavy (non-hydrogen) atoms. The van der Waals surface area contributed by atoms with Crippen molar-refractivity contribution in [2.45, 2.75) is 109 Å². The highest BCUT2D eigenvalue weighted by Crippen LogP contribution is 2.52. The van der Waals surface area contributed by atoms with Crippen molar-refractivity contribution >= 4 is 117 Å². The van der Waals surface area contributed by atoms with Gasteiger partial charge in [0.15, 0.2) is 5.71 Å². The number of allylic oxidation sites excluding steroid dienone is 6. The monoisotopic (exact) mass is 1210 g/mol.